The Morgan fingerprint density at radius 2 is 1.90 bits per heavy atom. The van der Waals surface area contributed by atoms with Crippen molar-refractivity contribution in [1.82, 2.24) is 0 Å². The van der Waals surface area contributed by atoms with Crippen LogP contribution in [0.1, 0.15) is 52.4 Å². The third-order valence-electron chi connectivity index (χ3n) is 3.70. The first-order valence-corrected chi connectivity index (χ1v) is 8.02. The van der Waals surface area contributed by atoms with E-state index in [9.17, 15) is 4.79 Å². The third-order valence-corrected chi connectivity index (χ3v) is 4.03. The molecule has 0 aliphatic rings. The number of hydrogen-bond donors (Lipinski definition) is 1. The first-order chi connectivity index (χ1) is 10.0. The van der Waals surface area contributed by atoms with Crippen LogP contribution < -0.4 is 5.32 Å². The Hall–Kier alpha value is -1.22. The first-order valence-electron chi connectivity index (χ1n) is 7.64. The average Bonchev–Trinajstić information content (AvgIpc) is 2.48. The minimum absolute atomic E-state index is 0.252. The number of hydrogen-bond acceptors (Lipinski definition) is 3. The molecule has 0 spiro atoms. The van der Waals surface area contributed by atoms with Crippen molar-refractivity contribution in [1.29, 1.82) is 0 Å². The number of para-hydroxylation sites is 1. The number of ether oxygens (including phenoxy) is 1. The van der Waals surface area contributed by atoms with Gasteiger partial charge in [0.2, 0.25) is 0 Å². The number of rotatable bonds is 9. The van der Waals surface area contributed by atoms with E-state index in [1.165, 1.54) is 26.4 Å². The lowest BCUT2D eigenvalue weighted by molar-refractivity contribution is -0.145. The van der Waals surface area contributed by atoms with Gasteiger partial charge in [-0.3, -0.25) is 0 Å². The van der Waals surface area contributed by atoms with Gasteiger partial charge in [-0.15, -0.1) is 0 Å². The molecule has 118 valence electrons. The summed E-state index contributed by atoms with van der Waals surface area (Å²) >= 11 is 6.17. The zero-order chi connectivity index (χ0) is 15.7. The molecule has 1 aromatic carbocycles. The summed E-state index contributed by atoms with van der Waals surface area (Å²) in [5.74, 6) is -0.252. The van der Waals surface area contributed by atoms with Crippen molar-refractivity contribution in [2.24, 2.45) is 0 Å². The predicted octanol–water partition coefficient (Wildman–Crippen LogP) is 5.04. The quantitative estimate of drug-likeness (QED) is 0.512. The molecule has 0 bridgehead atoms. The molecule has 0 saturated carbocycles. The Morgan fingerprint density at radius 1 is 1.24 bits per heavy atom. The summed E-state index contributed by atoms with van der Waals surface area (Å²) in [4.78, 5) is 12.1. The second-order valence-electron chi connectivity index (χ2n) is 5.59. The average molecular weight is 312 g/mol. The van der Waals surface area contributed by atoms with Crippen molar-refractivity contribution in [3.63, 3.8) is 0 Å². The highest BCUT2D eigenvalue weighted by atomic mass is 35.5. The molecule has 0 saturated heterocycles. The zero-order valence-corrected chi connectivity index (χ0v) is 14.0. The SMILES string of the molecule is CCCCCCCC(C)(Nc1ccccc1Cl)C(=O)OC. The van der Waals surface area contributed by atoms with E-state index in [0.29, 0.717) is 5.02 Å². The van der Waals surface area contributed by atoms with Gasteiger partial charge in [-0.25, -0.2) is 4.79 Å². The summed E-state index contributed by atoms with van der Waals surface area (Å²) in [6.45, 7) is 4.07. The normalized spacial score (nSPS) is 13.5. The van der Waals surface area contributed by atoms with Crippen LogP contribution in [0.2, 0.25) is 5.02 Å². The number of nitrogens with one attached hydrogen (secondary N) is 1. The van der Waals surface area contributed by atoms with E-state index in [2.05, 4.69) is 12.2 Å². The summed E-state index contributed by atoms with van der Waals surface area (Å²) in [6.07, 6.45) is 6.52. The highest BCUT2D eigenvalue weighted by Gasteiger charge is 2.34. The Balaban J connectivity index is 2.70. The molecule has 21 heavy (non-hydrogen) atoms. The molecule has 0 aliphatic carbocycles. The topological polar surface area (TPSA) is 38.3 Å². The zero-order valence-electron chi connectivity index (χ0n) is 13.2. The van der Waals surface area contributed by atoms with E-state index >= 15 is 0 Å². The lowest BCUT2D eigenvalue weighted by Crippen LogP contribution is -2.44. The number of halogens is 1. The fraction of sp³-hybridized carbons (Fsp3) is 0.588. The first kappa shape index (κ1) is 17.8. The Kier molecular flexibility index (Phi) is 7.58. The summed E-state index contributed by atoms with van der Waals surface area (Å²) in [5, 5.41) is 3.87. The molecule has 4 heteroatoms. The van der Waals surface area contributed by atoms with Gasteiger partial charge < -0.3 is 10.1 Å². The van der Waals surface area contributed by atoms with Crippen LogP contribution in [0.25, 0.3) is 0 Å². The van der Waals surface area contributed by atoms with E-state index in [4.69, 9.17) is 16.3 Å². The molecule has 0 radical (unpaired) electrons. The highest BCUT2D eigenvalue weighted by Crippen LogP contribution is 2.28. The Morgan fingerprint density at radius 3 is 2.52 bits per heavy atom. The summed E-state index contributed by atoms with van der Waals surface area (Å²) in [6, 6.07) is 7.45. The molecular weight excluding hydrogens is 286 g/mol. The maximum atomic E-state index is 12.1. The van der Waals surface area contributed by atoms with Crippen LogP contribution in [0.15, 0.2) is 24.3 Å². The Bertz CT molecular complexity index is 450. The molecule has 1 unspecified atom stereocenters. The number of unbranched alkanes of at least 4 members (excludes halogenated alkanes) is 4. The number of carbonyl (C=O) groups is 1. The highest BCUT2D eigenvalue weighted by molar-refractivity contribution is 6.33. The van der Waals surface area contributed by atoms with Crippen LogP contribution in [0.3, 0.4) is 0 Å². The maximum Gasteiger partial charge on any atom is 0.331 e. The second-order valence-corrected chi connectivity index (χ2v) is 6.00. The molecule has 1 N–H and O–H groups in total. The van der Waals surface area contributed by atoms with Crippen molar-refractivity contribution in [2.75, 3.05) is 12.4 Å². The third kappa shape index (κ3) is 5.58. The minimum Gasteiger partial charge on any atom is -0.467 e. The fourth-order valence-corrected chi connectivity index (χ4v) is 2.57. The molecule has 0 heterocycles. The van der Waals surface area contributed by atoms with Crippen LogP contribution in [0.5, 0.6) is 0 Å². The lowest BCUT2D eigenvalue weighted by atomic mass is 9.93. The van der Waals surface area contributed by atoms with Crippen molar-refractivity contribution in [3.05, 3.63) is 29.3 Å². The maximum absolute atomic E-state index is 12.1. The van der Waals surface area contributed by atoms with E-state index < -0.39 is 5.54 Å². The van der Waals surface area contributed by atoms with E-state index in [1.54, 1.807) is 0 Å². The van der Waals surface area contributed by atoms with Crippen LogP contribution >= 0.6 is 11.6 Å². The number of carbonyl (C=O) groups excluding carboxylic acids is 1. The fourth-order valence-electron chi connectivity index (χ4n) is 2.38. The summed E-state index contributed by atoms with van der Waals surface area (Å²) in [7, 11) is 1.42. The number of anilines is 1. The second kappa shape index (κ2) is 8.93. The van der Waals surface area contributed by atoms with Crippen molar-refractivity contribution < 1.29 is 9.53 Å². The van der Waals surface area contributed by atoms with Crippen LogP contribution in [0, 0.1) is 0 Å². The molecule has 0 aliphatic heterocycles. The van der Waals surface area contributed by atoms with Crippen molar-refractivity contribution in [3.8, 4) is 0 Å². The monoisotopic (exact) mass is 311 g/mol. The molecule has 1 atom stereocenters. The van der Waals surface area contributed by atoms with Gasteiger partial charge in [0.05, 0.1) is 17.8 Å². The molecule has 3 nitrogen and oxygen atoms in total. The number of benzene rings is 1. The molecule has 0 fully saturated rings. The predicted molar refractivity (Wildman–Crippen MR) is 88.9 cm³/mol. The number of methoxy groups -OCH3 is 1. The molecule has 0 amide bonds. The van der Waals surface area contributed by atoms with Gasteiger partial charge >= 0.3 is 5.97 Å². The van der Waals surface area contributed by atoms with Gasteiger partial charge in [0.25, 0.3) is 0 Å². The Labute approximate surface area is 133 Å². The van der Waals surface area contributed by atoms with E-state index in [-0.39, 0.29) is 5.97 Å². The van der Waals surface area contributed by atoms with E-state index in [0.717, 1.165) is 24.9 Å². The molecular formula is C17H26ClNO2. The summed E-state index contributed by atoms with van der Waals surface area (Å²) in [5.41, 5.74) is 0.0204. The summed E-state index contributed by atoms with van der Waals surface area (Å²) < 4.78 is 4.96. The van der Waals surface area contributed by atoms with Gasteiger partial charge in [0.15, 0.2) is 0 Å². The van der Waals surface area contributed by atoms with Crippen LogP contribution in [0.4, 0.5) is 5.69 Å². The van der Waals surface area contributed by atoms with Crippen LogP contribution in [-0.4, -0.2) is 18.6 Å². The largest absolute Gasteiger partial charge is 0.467 e. The van der Waals surface area contributed by atoms with Gasteiger partial charge in [0, 0.05) is 0 Å². The van der Waals surface area contributed by atoms with Gasteiger partial charge in [-0.1, -0.05) is 62.8 Å². The molecule has 1 rings (SSSR count). The minimum atomic E-state index is -0.744. The van der Waals surface area contributed by atoms with Crippen molar-refractivity contribution >= 4 is 23.3 Å². The number of esters is 1. The lowest BCUT2D eigenvalue weighted by Gasteiger charge is -2.29. The van der Waals surface area contributed by atoms with Gasteiger partial charge in [-0.05, 0) is 25.5 Å². The van der Waals surface area contributed by atoms with Crippen LogP contribution in [-0.2, 0) is 9.53 Å². The molecule has 1 aromatic rings. The van der Waals surface area contributed by atoms with Gasteiger partial charge in [0.1, 0.15) is 5.54 Å². The smallest absolute Gasteiger partial charge is 0.331 e. The van der Waals surface area contributed by atoms with E-state index in [1.807, 2.05) is 31.2 Å². The van der Waals surface area contributed by atoms with Gasteiger partial charge in [-0.2, -0.15) is 0 Å². The van der Waals surface area contributed by atoms with Crippen molar-refractivity contribution in [2.45, 2.75) is 57.9 Å². The molecule has 0 aromatic heterocycles. The standard InChI is InChI=1S/C17H26ClNO2/c1-4-5-6-7-10-13-17(2,16(20)21-3)19-15-12-9-8-11-14(15)18/h8-9,11-12,19H,4-7,10,13H2,1-3H3.